The molecule has 1 heterocycles. The van der Waals surface area contributed by atoms with E-state index in [2.05, 4.69) is 24.3 Å². The van der Waals surface area contributed by atoms with Crippen LogP contribution in [0.1, 0.15) is 48.8 Å². The van der Waals surface area contributed by atoms with E-state index in [0.29, 0.717) is 6.61 Å². The molecule has 1 atom stereocenters. The molecule has 0 radical (unpaired) electrons. The topological polar surface area (TPSA) is 59.3 Å². The highest BCUT2D eigenvalue weighted by molar-refractivity contribution is 5.53. The zero-order valence-electron chi connectivity index (χ0n) is 14.7. The van der Waals surface area contributed by atoms with Crippen molar-refractivity contribution in [3.05, 3.63) is 40.7 Å². The molecule has 23 heavy (non-hydrogen) atoms. The first-order chi connectivity index (χ1) is 11.0. The van der Waals surface area contributed by atoms with Gasteiger partial charge in [-0.15, -0.1) is 0 Å². The lowest BCUT2D eigenvalue weighted by Crippen LogP contribution is -2.12. The molecule has 1 unspecified atom stereocenters. The molecule has 2 N–H and O–H groups in total. The second-order valence-corrected chi connectivity index (χ2v) is 5.73. The third kappa shape index (κ3) is 3.67. The summed E-state index contributed by atoms with van der Waals surface area (Å²) in [7, 11) is 1.97. The molecule has 2 rings (SSSR count). The second-order valence-electron chi connectivity index (χ2n) is 5.73. The molecule has 0 aliphatic rings. The maximum atomic E-state index is 9.55. The van der Waals surface area contributed by atoms with Gasteiger partial charge in [-0.1, -0.05) is 6.92 Å². The first-order valence-electron chi connectivity index (χ1n) is 8.14. The molecule has 5 heteroatoms. The van der Waals surface area contributed by atoms with E-state index in [1.165, 1.54) is 11.3 Å². The number of anilines is 1. The second kappa shape index (κ2) is 7.51. The highest BCUT2D eigenvalue weighted by atomic mass is 16.5. The van der Waals surface area contributed by atoms with Crippen LogP contribution in [0.5, 0.6) is 5.75 Å². The van der Waals surface area contributed by atoms with E-state index in [9.17, 15) is 5.11 Å². The Balaban J connectivity index is 2.28. The molecule has 1 aromatic carbocycles. The summed E-state index contributed by atoms with van der Waals surface area (Å²) < 4.78 is 7.46. The Bertz CT molecular complexity index is 665. The van der Waals surface area contributed by atoms with Crippen LogP contribution in [-0.2, 0) is 13.7 Å². The smallest absolute Gasteiger partial charge is 0.124 e. The maximum Gasteiger partial charge on any atom is 0.124 e. The monoisotopic (exact) mass is 317 g/mol. The zero-order valence-corrected chi connectivity index (χ0v) is 14.7. The standard InChI is InChI=1S/C18H27N3O2/c1-6-16(18-12(3)20-21(5)13(18)4)19-15-8-9-17(23-7-2)14(10-15)11-22/h8-10,16,19,22H,6-7,11H2,1-5H3. The summed E-state index contributed by atoms with van der Waals surface area (Å²) >= 11 is 0. The number of nitrogens with one attached hydrogen (secondary N) is 1. The van der Waals surface area contributed by atoms with Crippen LogP contribution in [0.4, 0.5) is 5.69 Å². The predicted octanol–water partition coefficient (Wildman–Crippen LogP) is 3.49. The summed E-state index contributed by atoms with van der Waals surface area (Å²) in [5, 5.41) is 17.6. The first-order valence-corrected chi connectivity index (χ1v) is 8.14. The number of hydrogen-bond donors (Lipinski definition) is 2. The Morgan fingerprint density at radius 3 is 2.57 bits per heavy atom. The fourth-order valence-corrected chi connectivity index (χ4v) is 2.96. The largest absolute Gasteiger partial charge is 0.494 e. The number of aliphatic hydroxyl groups excluding tert-OH is 1. The van der Waals surface area contributed by atoms with Crippen molar-refractivity contribution < 1.29 is 9.84 Å². The zero-order chi connectivity index (χ0) is 17.0. The highest BCUT2D eigenvalue weighted by Gasteiger charge is 2.19. The van der Waals surface area contributed by atoms with Gasteiger partial charge in [0.1, 0.15) is 5.75 Å². The van der Waals surface area contributed by atoms with Crippen LogP contribution in [0, 0.1) is 13.8 Å². The average Bonchev–Trinajstić information content (AvgIpc) is 2.79. The van der Waals surface area contributed by atoms with Gasteiger partial charge in [0.2, 0.25) is 0 Å². The summed E-state index contributed by atoms with van der Waals surface area (Å²) in [5.74, 6) is 0.738. The van der Waals surface area contributed by atoms with Crippen molar-refractivity contribution >= 4 is 5.69 Å². The quantitative estimate of drug-likeness (QED) is 0.820. The van der Waals surface area contributed by atoms with Gasteiger partial charge < -0.3 is 15.2 Å². The van der Waals surface area contributed by atoms with Crippen LogP contribution in [0.15, 0.2) is 18.2 Å². The number of nitrogens with zero attached hydrogens (tertiary/aromatic N) is 2. The lowest BCUT2D eigenvalue weighted by molar-refractivity contribution is 0.267. The van der Waals surface area contributed by atoms with Gasteiger partial charge in [0.25, 0.3) is 0 Å². The van der Waals surface area contributed by atoms with Crippen LogP contribution < -0.4 is 10.1 Å². The molecule has 126 valence electrons. The van der Waals surface area contributed by atoms with E-state index in [1.807, 2.05) is 43.8 Å². The molecule has 0 saturated carbocycles. The van der Waals surface area contributed by atoms with E-state index in [1.54, 1.807) is 0 Å². The minimum absolute atomic E-state index is 0.0351. The normalized spacial score (nSPS) is 12.3. The molecule has 1 aromatic heterocycles. The molecule has 0 aliphatic heterocycles. The molecule has 0 bridgehead atoms. The van der Waals surface area contributed by atoms with Crippen molar-refractivity contribution in [2.75, 3.05) is 11.9 Å². The van der Waals surface area contributed by atoms with Crippen molar-refractivity contribution in [2.45, 2.75) is 46.8 Å². The molecule has 0 saturated heterocycles. The SMILES string of the molecule is CCOc1ccc(NC(CC)c2c(C)nn(C)c2C)cc1CO. The van der Waals surface area contributed by atoms with Crippen LogP contribution >= 0.6 is 0 Å². The number of hydrogen-bond acceptors (Lipinski definition) is 4. The Hall–Kier alpha value is -2.01. The van der Waals surface area contributed by atoms with E-state index in [4.69, 9.17) is 4.74 Å². The molecule has 0 fully saturated rings. The summed E-state index contributed by atoms with van der Waals surface area (Å²) in [4.78, 5) is 0. The number of rotatable bonds is 7. The van der Waals surface area contributed by atoms with Crippen molar-refractivity contribution in [2.24, 2.45) is 7.05 Å². The van der Waals surface area contributed by atoms with Crippen molar-refractivity contribution in [1.82, 2.24) is 9.78 Å². The van der Waals surface area contributed by atoms with Crippen LogP contribution in [0.25, 0.3) is 0 Å². The number of aryl methyl sites for hydroxylation is 2. The van der Waals surface area contributed by atoms with Gasteiger partial charge in [-0.25, -0.2) is 0 Å². The molecular weight excluding hydrogens is 290 g/mol. The van der Waals surface area contributed by atoms with Gasteiger partial charge in [-0.05, 0) is 45.4 Å². The van der Waals surface area contributed by atoms with Gasteiger partial charge in [0.15, 0.2) is 0 Å². The van der Waals surface area contributed by atoms with Crippen LogP contribution in [-0.4, -0.2) is 21.5 Å². The summed E-state index contributed by atoms with van der Waals surface area (Å²) in [6.45, 7) is 8.79. The molecule has 0 aliphatic carbocycles. The number of aliphatic hydroxyl groups is 1. The lowest BCUT2D eigenvalue weighted by atomic mass is 10.0. The van der Waals surface area contributed by atoms with Gasteiger partial charge >= 0.3 is 0 Å². The van der Waals surface area contributed by atoms with E-state index < -0.39 is 0 Å². The van der Waals surface area contributed by atoms with Crippen molar-refractivity contribution in [3.63, 3.8) is 0 Å². The van der Waals surface area contributed by atoms with Crippen LogP contribution in [0.3, 0.4) is 0 Å². The third-order valence-corrected chi connectivity index (χ3v) is 4.19. The van der Waals surface area contributed by atoms with Gasteiger partial charge in [0, 0.05) is 29.6 Å². The Kier molecular flexibility index (Phi) is 5.66. The number of benzene rings is 1. The molecule has 2 aromatic rings. The fraction of sp³-hybridized carbons (Fsp3) is 0.500. The minimum atomic E-state index is -0.0351. The Morgan fingerprint density at radius 2 is 2.04 bits per heavy atom. The molecule has 0 spiro atoms. The summed E-state index contributed by atoms with van der Waals surface area (Å²) in [6, 6.07) is 6.04. The summed E-state index contributed by atoms with van der Waals surface area (Å²) in [6.07, 6.45) is 0.953. The van der Waals surface area contributed by atoms with Crippen molar-refractivity contribution in [1.29, 1.82) is 0 Å². The Labute approximate surface area is 138 Å². The van der Waals surface area contributed by atoms with E-state index >= 15 is 0 Å². The van der Waals surface area contributed by atoms with Gasteiger partial charge in [0.05, 0.1) is 24.9 Å². The lowest BCUT2D eigenvalue weighted by Gasteiger charge is -2.20. The molecular formula is C18H27N3O2. The fourth-order valence-electron chi connectivity index (χ4n) is 2.96. The van der Waals surface area contributed by atoms with Crippen molar-refractivity contribution in [3.8, 4) is 5.75 Å². The van der Waals surface area contributed by atoms with E-state index in [0.717, 1.165) is 29.1 Å². The Morgan fingerprint density at radius 1 is 1.30 bits per heavy atom. The highest BCUT2D eigenvalue weighted by Crippen LogP contribution is 2.30. The number of ether oxygens (including phenoxy) is 1. The van der Waals surface area contributed by atoms with Gasteiger partial charge in [-0.2, -0.15) is 5.10 Å². The first kappa shape index (κ1) is 17.3. The molecule has 5 nitrogen and oxygen atoms in total. The average molecular weight is 317 g/mol. The number of aromatic nitrogens is 2. The maximum absolute atomic E-state index is 9.55. The minimum Gasteiger partial charge on any atom is -0.494 e. The van der Waals surface area contributed by atoms with Gasteiger partial charge in [-0.3, -0.25) is 4.68 Å². The van der Waals surface area contributed by atoms with E-state index in [-0.39, 0.29) is 12.6 Å². The molecule has 0 amide bonds. The summed E-state index contributed by atoms with van der Waals surface area (Å²) in [5.41, 5.74) is 5.25. The predicted molar refractivity (Wildman–Crippen MR) is 92.9 cm³/mol. The third-order valence-electron chi connectivity index (χ3n) is 4.19. The van der Waals surface area contributed by atoms with Crippen LogP contribution in [0.2, 0.25) is 0 Å².